The van der Waals surface area contributed by atoms with Crippen LogP contribution in [0.25, 0.3) is 0 Å². The molecule has 16 heavy (non-hydrogen) atoms. The highest BCUT2D eigenvalue weighted by Crippen LogP contribution is 2.16. The number of nitriles is 1. The van der Waals surface area contributed by atoms with Crippen molar-refractivity contribution in [3.05, 3.63) is 0 Å². The summed E-state index contributed by atoms with van der Waals surface area (Å²) in [6, 6.07) is 2.75. The fourth-order valence-corrected chi connectivity index (χ4v) is 2.18. The number of nitrogens with zero attached hydrogens (tertiary/aromatic N) is 2. The van der Waals surface area contributed by atoms with E-state index in [2.05, 4.69) is 37.1 Å². The highest BCUT2D eigenvalue weighted by atomic mass is 15.1. The Morgan fingerprint density at radius 1 is 1.38 bits per heavy atom. The van der Waals surface area contributed by atoms with Crippen molar-refractivity contribution in [3.63, 3.8) is 0 Å². The molecule has 3 nitrogen and oxygen atoms in total. The quantitative estimate of drug-likeness (QED) is 0.775. The number of likely N-dealkylation sites (tertiary alicyclic amines) is 1. The monoisotopic (exact) mass is 223 g/mol. The maximum Gasteiger partial charge on any atom is 0.0967 e. The van der Waals surface area contributed by atoms with E-state index >= 15 is 0 Å². The molecule has 1 aliphatic heterocycles. The topological polar surface area (TPSA) is 39.1 Å². The highest BCUT2D eigenvalue weighted by Gasteiger charge is 2.17. The van der Waals surface area contributed by atoms with Gasteiger partial charge in [-0.1, -0.05) is 6.92 Å². The fraction of sp³-hybridized carbons (Fsp3) is 0.923. The zero-order valence-corrected chi connectivity index (χ0v) is 10.9. The van der Waals surface area contributed by atoms with E-state index in [0.29, 0.717) is 6.04 Å². The minimum absolute atomic E-state index is 0.0133. The van der Waals surface area contributed by atoms with Crippen LogP contribution in [0.3, 0.4) is 0 Å². The van der Waals surface area contributed by atoms with E-state index in [4.69, 9.17) is 5.26 Å². The van der Waals surface area contributed by atoms with Crippen molar-refractivity contribution in [3.8, 4) is 6.07 Å². The third kappa shape index (κ3) is 4.96. The number of hydrogen-bond donors (Lipinski definition) is 1. The Labute approximate surface area is 99.8 Å². The molecule has 0 bridgehead atoms. The van der Waals surface area contributed by atoms with Gasteiger partial charge in [-0.3, -0.25) is 5.32 Å². The van der Waals surface area contributed by atoms with Gasteiger partial charge in [0.2, 0.25) is 0 Å². The number of nitrogens with one attached hydrogen (secondary N) is 1. The minimum Gasteiger partial charge on any atom is -0.303 e. The minimum atomic E-state index is 0.0133. The predicted molar refractivity (Wildman–Crippen MR) is 67.1 cm³/mol. The Bertz CT molecular complexity index is 224. The van der Waals surface area contributed by atoms with Crippen molar-refractivity contribution < 1.29 is 0 Å². The van der Waals surface area contributed by atoms with Gasteiger partial charge in [0.1, 0.15) is 0 Å². The Morgan fingerprint density at radius 3 is 2.50 bits per heavy atom. The van der Waals surface area contributed by atoms with Gasteiger partial charge in [0.05, 0.1) is 12.1 Å². The Hall–Kier alpha value is -0.590. The molecule has 1 aliphatic rings. The summed E-state index contributed by atoms with van der Waals surface area (Å²) in [6.07, 6.45) is 3.58. The van der Waals surface area contributed by atoms with Crippen LogP contribution < -0.4 is 5.32 Å². The zero-order chi connectivity index (χ0) is 12.0. The molecule has 1 rings (SSSR count). The molecule has 1 N–H and O–H groups in total. The Balaban J connectivity index is 2.20. The lowest BCUT2D eigenvalue weighted by Crippen LogP contribution is -2.39. The standard InChI is InChI=1S/C13H25N3/c1-11(2)15-13(10-14)6-9-16-7-4-12(3)5-8-16/h11-13,15H,4-9H2,1-3H3. The van der Waals surface area contributed by atoms with Gasteiger partial charge in [0, 0.05) is 12.6 Å². The van der Waals surface area contributed by atoms with Gasteiger partial charge in [-0.25, -0.2) is 0 Å². The fourth-order valence-electron chi connectivity index (χ4n) is 2.18. The van der Waals surface area contributed by atoms with Crippen molar-refractivity contribution in [2.45, 2.75) is 52.1 Å². The Morgan fingerprint density at radius 2 is 2.00 bits per heavy atom. The lowest BCUT2D eigenvalue weighted by molar-refractivity contribution is 0.186. The average Bonchev–Trinajstić information content (AvgIpc) is 2.26. The van der Waals surface area contributed by atoms with E-state index in [1.807, 2.05) is 0 Å². The Kier molecular flexibility index (Phi) is 5.79. The molecule has 0 aliphatic carbocycles. The van der Waals surface area contributed by atoms with Crippen LogP contribution in [0.1, 0.15) is 40.0 Å². The second kappa shape index (κ2) is 6.88. The van der Waals surface area contributed by atoms with Gasteiger partial charge >= 0.3 is 0 Å². The predicted octanol–water partition coefficient (Wildman–Crippen LogP) is 2.00. The summed E-state index contributed by atoms with van der Waals surface area (Å²) < 4.78 is 0. The van der Waals surface area contributed by atoms with Gasteiger partial charge in [-0.2, -0.15) is 5.26 Å². The lowest BCUT2D eigenvalue weighted by Gasteiger charge is -2.30. The molecule has 1 fully saturated rings. The summed E-state index contributed by atoms with van der Waals surface area (Å²) >= 11 is 0. The van der Waals surface area contributed by atoms with Crippen molar-refractivity contribution in [2.75, 3.05) is 19.6 Å². The molecule has 0 saturated carbocycles. The van der Waals surface area contributed by atoms with E-state index in [1.54, 1.807) is 0 Å². The molecule has 0 aromatic heterocycles. The molecule has 0 aromatic carbocycles. The molecule has 0 radical (unpaired) electrons. The summed E-state index contributed by atoms with van der Waals surface area (Å²) in [5.74, 6) is 0.886. The first-order chi connectivity index (χ1) is 7.61. The van der Waals surface area contributed by atoms with Gasteiger partial charge in [0.15, 0.2) is 0 Å². The van der Waals surface area contributed by atoms with E-state index in [9.17, 15) is 0 Å². The van der Waals surface area contributed by atoms with E-state index < -0.39 is 0 Å². The molecule has 0 spiro atoms. The van der Waals surface area contributed by atoms with Crippen LogP contribution >= 0.6 is 0 Å². The SMILES string of the molecule is CC1CCN(CCC(C#N)NC(C)C)CC1. The summed E-state index contributed by atoms with van der Waals surface area (Å²) in [5, 5.41) is 12.3. The maximum atomic E-state index is 9.02. The van der Waals surface area contributed by atoms with Gasteiger partial charge < -0.3 is 4.90 Å². The molecule has 0 aromatic rings. The molecule has 1 heterocycles. The van der Waals surface area contributed by atoms with Crippen molar-refractivity contribution in [1.29, 1.82) is 5.26 Å². The third-order valence-electron chi connectivity index (χ3n) is 3.30. The van der Waals surface area contributed by atoms with E-state index in [1.165, 1.54) is 25.9 Å². The van der Waals surface area contributed by atoms with Crippen LogP contribution in [-0.4, -0.2) is 36.6 Å². The number of hydrogen-bond acceptors (Lipinski definition) is 3. The van der Waals surface area contributed by atoms with Crippen molar-refractivity contribution >= 4 is 0 Å². The second-order valence-corrected chi connectivity index (χ2v) is 5.32. The molecule has 3 heteroatoms. The number of piperidine rings is 1. The summed E-state index contributed by atoms with van der Waals surface area (Å²) in [7, 11) is 0. The van der Waals surface area contributed by atoms with E-state index in [0.717, 1.165) is 18.9 Å². The maximum absolute atomic E-state index is 9.02. The molecule has 1 saturated heterocycles. The summed E-state index contributed by atoms with van der Waals surface area (Å²) in [6.45, 7) is 9.99. The zero-order valence-electron chi connectivity index (χ0n) is 10.9. The summed E-state index contributed by atoms with van der Waals surface area (Å²) in [4.78, 5) is 2.49. The normalized spacial score (nSPS) is 20.9. The average molecular weight is 223 g/mol. The molecular formula is C13H25N3. The van der Waals surface area contributed by atoms with E-state index in [-0.39, 0.29) is 6.04 Å². The smallest absolute Gasteiger partial charge is 0.0967 e. The first-order valence-electron chi connectivity index (χ1n) is 6.50. The van der Waals surface area contributed by atoms with Crippen LogP contribution in [0.5, 0.6) is 0 Å². The molecule has 92 valence electrons. The first-order valence-corrected chi connectivity index (χ1v) is 6.50. The number of rotatable bonds is 5. The van der Waals surface area contributed by atoms with Gasteiger partial charge in [-0.15, -0.1) is 0 Å². The lowest BCUT2D eigenvalue weighted by atomic mass is 9.99. The van der Waals surface area contributed by atoms with Crippen LogP contribution in [0, 0.1) is 17.2 Å². The summed E-state index contributed by atoms with van der Waals surface area (Å²) in [5.41, 5.74) is 0. The molecular weight excluding hydrogens is 198 g/mol. The van der Waals surface area contributed by atoms with Crippen LogP contribution in [-0.2, 0) is 0 Å². The largest absolute Gasteiger partial charge is 0.303 e. The van der Waals surface area contributed by atoms with Crippen molar-refractivity contribution in [1.82, 2.24) is 10.2 Å². The van der Waals surface area contributed by atoms with Crippen LogP contribution in [0.15, 0.2) is 0 Å². The van der Waals surface area contributed by atoms with Crippen LogP contribution in [0.2, 0.25) is 0 Å². The van der Waals surface area contributed by atoms with Crippen LogP contribution in [0.4, 0.5) is 0 Å². The highest BCUT2D eigenvalue weighted by molar-refractivity contribution is 4.91. The molecule has 0 amide bonds. The molecule has 1 atom stereocenters. The molecule has 1 unspecified atom stereocenters. The van der Waals surface area contributed by atoms with Gasteiger partial charge in [-0.05, 0) is 52.1 Å². The van der Waals surface area contributed by atoms with Gasteiger partial charge in [0.25, 0.3) is 0 Å². The third-order valence-corrected chi connectivity index (χ3v) is 3.30. The second-order valence-electron chi connectivity index (χ2n) is 5.32. The first kappa shape index (κ1) is 13.5. The van der Waals surface area contributed by atoms with Crippen molar-refractivity contribution in [2.24, 2.45) is 5.92 Å².